The highest BCUT2D eigenvalue weighted by atomic mass is 16.5. The first-order valence-corrected chi connectivity index (χ1v) is 8.32. The van der Waals surface area contributed by atoms with Gasteiger partial charge in [-0.25, -0.2) is 4.99 Å². The Morgan fingerprint density at radius 1 is 1.38 bits per heavy atom. The molecule has 7 heteroatoms. The number of aromatic nitrogens is 1. The second-order valence-electron chi connectivity index (χ2n) is 5.35. The molecule has 1 aromatic heterocycles. The molecule has 0 aliphatic heterocycles. The molecule has 1 heterocycles. The van der Waals surface area contributed by atoms with Crippen LogP contribution in [0.15, 0.2) is 29.4 Å². The van der Waals surface area contributed by atoms with Crippen LogP contribution in [0, 0.1) is 0 Å². The van der Waals surface area contributed by atoms with E-state index in [2.05, 4.69) is 20.6 Å². The third kappa shape index (κ3) is 8.47. The van der Waals surface area contributed by atoms with Crippen LogP contribution in [0.1, 0.15) is 19.0 Å². The summed E-state index contributed by atoms with van der Waals surface area (Å²) in [6.07, 6.45) is 3.39. The largest absolute Gasteiger partial charge is 0.385 e. The van der Waals surface area contributed by atoms with Gasteiger partial charge in [-0.2, -0.15) is 0 Å². The van der Waals surface area contributed by atoms with E-state index in [0.717, 1.165) is 31.6 Å². The van der Waals surface area contributed by atoms with Gasteiger partial charge in [-0.1, -0.05) is 6.07 Å². The molecule has 2 N–H and O–H groups in total. The maximum Gasteiger partial charge on any atom is 0.244 e. The molecule has 0 aromatic carbocycles. The van der Waals surface area contributed by atoms with Crippen LogP contribution in [0.5, 0.6) is 0 Å². The molecule has 0 radical (unpaired) electrons. The average molecular weight is 335 g/mol. The SMILES string of the molecule is CCNC(=NCC(=O)N(C)CCc1ccccn1)NCCCOC. The topological polar surface area (TPSA) is 78.9 Å². The van der Waals surface area contributed by atoms with E-state index in [9.17, 15) is 4.79 Å². The van der Waals surface area contributed by atoms with Crippen molar-refractivity contribution in [3.8, 4) is 0 Å². The van der Waals surface area contributed by atoms with Gasteiger partial charge in [0.1, 0.15) is 6.54 Å². The van der Waals surface area contributed by atoms with E-state index < -0.39 is 0 Å². The summed E-state index contributed by atoms with van der Waals surface area (Å²) in [5.41, 5.74) is 0.980. The second kappa shape index (κ2) is 12.3. The summed E-state index contributed by atoms with van der Waals surface area (Å²) < 4.78 is 5.01. The van der Waals surface area contributed by atoms with Crippen LogP contribution >= 0.6 is 0 Å². The van der Waals surface area contributed by atoms with Crippen molar-refractivity contribution in [3.63, 3.8) is 0 Å². The highest BCUT2D eigenvalue weighted by molar-refractivity contribution is 5.84. The van der Waals surface area contributed by atoms with Crippen LogP contribution in [-0.2, 0) is 16.0 Å². The van der Waals surface area contributed by atoms with Gasteiger partial charge >= 0.3 is 0 Å². The fourth-order valence-corrected chi connectivity index (χ4v) is 1.99. The Morgan fingerprint density at radius 3 is 2.88 bits per heavy atom. The molecular weight excluding hydrogens is 306 g/mol. The molecule has 0 spiro atoms. The lowest BCUT2D eigenvalue weighted by atomic mass is 10.2. The smallest absolute Gasteiger partial charge is 0.244 e. The molecule has 0 atom stereocenters. The predicted molar refractivity (Wildman–Crippen MR) is 96.1 cm³/mol. The molecule has 1 rings (SSSR count). The maximum atomic E-state index is 12.2. The normalized spacial score (nSPS) is 11.2. The number of nitrogens with one attached hydrogen (secondary N) is 2. The van der Waals surface area contributed by atoms with Crippen molar-refractivity contribution >= 4 is 11.9 Å². The molecule has 7 nitrogen and oxygen atoms in total. The number of methoxy groups -OCH3 is 1. The first-order chi connectivity index (χ1) is 11.7. The molecule has 0 saturated heterocycles. The number of amides is 1. The van der Waals surface area contributed by atoms with Crippen molar-refractivity contribution in [3.05, 3.63) is 30.1 Å². The third-order valence-corrected chi connectivity index (χ3v) is 3.39. The lowest BCUT2D eigenvalue weighted by molar-refractivity contribution is -0.128. The summed E-state index contributed by atoms with van der Waals surface area (Å²) >= 11 is 0. The molecule has 134 valence electrons. The van der Waals surface area contributed by atoms with Crippen LogP contribution in [0.3, 0.4) is 0 Å². The fraction of sp³-hybridized carbons (Fsp3) is 0.588. The zero-order chi connectivity index (χ0) is 17.6. The Balaban J connectivity index is 2.38. The molecule has 1 amide bonds. The number of carbonyl (C=O) groups is 1. The molecular formula is C17H29N5O2. The number of nitrogens with zero attached hydrogens (tertiary/aromatic N) is 3. The lowest BCUT2D eigenvalue weighted by Crippen LogP contribution is -2.39. The van der Waals surface area contributed by atoms with Crippen molar-refractivity contribution in [2.45, 2.75) is 19.8 Å². The molecule has 0 fully saturated rings. The highest BCUT2D eigenvalue weighted by Crippen LogP contribution is 1.97. The molecule has 1 aromatic rings. The molecule has 0 saturated carbocycles. The Kier molecular flexibility index (Phi) is 10.2. The Hall–Kier alpha value is -2.15. The Morgan fingerprint density at radius 2 is 2.21 bits per heavy atom. The second-order valence-corrected chi connectivity index (χ2v) is 5.35. The predicted octanol–water partition coefficient (Wildman–Crippen LogP) is 0.674. The van der Waals surface area contributed by atoms with E-state index in [0.29, 0.717) is 19.1 Å². The summed E-state index contributed by atoms with van der Waals surface area (Å²) in [7, 11) is 3.47. The minimum absolute atomic E-state index is 0.0139. The zero-order valence-electron chi connectivity index (χ0n) is 14.9. The van der Waals surface area contributed by atoms with Gasteiger partial charge in [-0.15, -0.1) is 0 Å². The Labute approximate surface area is 144 Å². The monoisotopic (exact) mass is 335 g/mol. The van der Waals surface area contributed by atoms with E-state index in [1.807, 2.05) is 25.1 Å². The number of hydrogen-bond acceptors (Lipinski definition) is 4. The van der Waals surface area contributed by atoms with Crippen LogP contribution in [-0.4, -0.2) is 68.7 Å². The lowest BCUT2D eigenvalue weighted by Gasteiger charge is -2.16. The molecule has 0 unspecified atom stereocenters. The fourth-order valence-electron chi connectivity index (χ4n) is 1.99. The van der Waals surface area contributed by atoms with Gasteiger partial charge in [-0.05, 0) is 25.5 Å². The van der Waals surface area contributed by atoms with E-state index >= 15 is 0 Å². The van der Waals surface area contributed by atoms with Crippen LogP contribution in [0.4, 0.5) is 0 Å². The minimum atomic E-state index is -0.0139. The van der Waals surface area contributed by atoms with Crippen molar-refractivity contribution in [2.24, 2.45) is 4.99 Å². The summed E-state index contributed by atoms with van der Waals surface area (Å²) in [4.78, 5) is 22.5. The van der Waals surface area contributed by atoms with Crippen molar-refractivity contribution in [1.82, 2.24) is 20.5 Å². The van der Waals surface area contributed by atoms with Crippen LogP contribution < -0.4 is 10.6 Å². The van der Waals surface area contributed by atoms with Crippen LogP contribution in [0.25, 0.3) is 0 Å². The molecule has 0 aliphatic rings. The standard InChI is InChI=1S/C17H29N5O2/c1-4-18-17(20-11-7-13-24-3)21-14-16(23)22(2)12-9-15-8-5-6-10-19-15/h5-6,8,10H,4,7,9,11-14H2,1-3H3,(H2,18,20,21). The quantitative estimate of drug-likeness (QED) is 0.373. The van der Waals surface area contributed by atoms with Gasteiger partial charge in [0.2, 0.25) is 5.91 Å². The first kappa shape index (κ1) is 19.9. The first-order valence-electron chi connectivity index (χ1n) is 8.32. The Bertz CT molecular complexity index is 493. The average Bonchev–Trinajstić information content (AvgIpc) is 2.61. The number of carbonyl (C=O) groups excluding carboxylic acids is 1. The van der Waals surface area contributed by atoms with Crippen molar-refractivity contribution in [2.75, 3.05) is 46.9 Å². The van der Waals surface area contributed by atoms with E-state index in [4.69, 9.17) is 4.74 Å². The van der Waals surface area contributed by atoms with Gasteiger partial charge in [0.05, 0.1) is 0 Å². The maximum absolute atomic E-state index is 12.2. The zero-order valence-corrected chi connectivity index (χ0v) is 14.9. The number of likely N-dealkylation sites (N-methyl/N-ethyl adjacent to an activating group) is 1. The van der Waals surface area contributed by atoms with Crippen molar-refractivity contribution in [1.29, 1.82) is 0 Å². The van der Waals surface area contributed by atoms with Gasteiger partial charge in [0.15, 0.2) is 5.96 Å². The number of aliphatic imine (C=N–C) groups is 1. The summed E-state index contributed by atoms with van der Waals surface area (Å²) in [6.45, 7) is 4.94. The minimum Gasteiger partial charge on any atom is -0.385 e. The van der Waals surface area contributed by atoms with Gasteiger partial charge < -0.3 is 20.3 Å². The number of hydrogen-bond donors (Lipinski definition) is 2. The molecule has 0 bridgehead atoms. The number of guanidine groups is 1. The van der Waals surface area contributed by atoms with E-state index in [1.54, 1.807) is 25.3 Å². The summed E-state index contributed by atoms with van der Waals surface area (Å²) in [5.74, 6) is 0.639. The number of ether oxygens (including phenoxy) is 1. The van der Waals surface area contributed by atoms with Gasteiger partial charge in [0.25, 0.3) is 0 Å². The van der Waals surface area contributed by atoms with Crippen molar-refractivity contribution < 1.29 is 9.53 Å². The summed E-state index contributed by atoms with van der Waals surface area (Å²) in [6, 6.07) is 5.80. The third-order valence-electron chi connectivity index (χ3n) is 3.39. The van der Waals surface area contributed by atoms with Crippen LogP contribution in [0.2, 0.25) is 0 Å². The molecule has 0 aliphatic carbocycles. The van der Waals surface area contributed by atoms with E-state index in [1.165, 1.54) is 0 Å². The summed E-state index contributed by atoms with van der Waals surface area (Å²) in [5, 5.41) is 6.31. The van der Waals surface area contributed by atoms with Gasteiger partial charge in [0, 0.05) is 58.7 Å². The highest BCUT2D eigenvalue weighted by Gasteiger charge is 2.09. The van der Waals surface area contributed by atoms with Gasteiger partial charge in [-0.3, -0.25) is 9.78 Å². The number of rotatable bonds is 10. The number of pyridine rings is 1. The van der Waals surface area contributed by atoms with E-state index in [-0.39, 0.29) is 12.5 Å². The molecule has 24 heavy (non-hydrogen) atoms.